The van der Waals surface area contributed by atoms with Crippen molar-refractivity contribution in [1.29, 1.82) is 0 Å². The SMILES string of the molecule is CC(=O)N(CCNC(=O)c1ccccc1)CC(C)C. The summed E-state index contributed by atoms with van der Waals surface area (Å²) >= 11 is 0. The second-order valence-corrected chi connectivity index (χ2v) is 4.98. The van der Waals surface area contributed by atoms with Gasteiger partial charge in [0.15, 0.2) is 0 Å². The molecule has 0 aliphatic rings. The van der Waals surface area contributed by atoms with E-state index in [2.05, 4.69) is 19.2 Å². The Hall–Kier alpha value is -1.84. The predicted molar refractivity (Wildman–Crippen MR) is 75.9 cm³/mol. The molecule has 1 rings (SSSR count). The minimum atomic E-state index is -0.103. The maximum absolute atomic E-state index is 11.8. The first-order chi connectivity index (χ1) is 9.00. The van der Waals surface area contributed by atoms with E-state index in [1.165, 1.54) is 0 Å². The molecule has 4 nitrogen and oxygen atoms in total. The Bertz CT molecular complexity index is 415. The lowest BCUT2D eigenvalue weighted by atomic mass is 10.2. The number of carbonyl (C=O) groups is 2. The molecule has 0 aliphatic carbocycles. The Morgan fingerprint density at radius 2 is 1.84 bits per heavy atom. The maximum atomic E-state index is 11.8. The number of benzene rings is 1. The second-order valence-electron chi connectivity index (χ2n) is 4.98. The van der Waals surface area contributed by atoms with E-state index in [9.17, 15) is 9.59 Å². The lowest BCUT2D eigenvalue weighted by Crippen LogP contribution is -2.39. The monoisotopic (exact) mass is 262 g/mol. The van der Waals surface area contributed by atoms with Gasteiger partial charge in [-0.1, -0.05) is 32.0 Å². The van der Waals surface area contributed by atoms with Crippen LogP contribution in [0.4, 0.5) is 0 Å². The van der Waals surface area contributed by atoms with Gasteiger partial charge in [-0.15, -0.1) is 0 Å². The Morgan fingerprint density at radius 1 is 1.21 bits per heavy atom. The molecule has 19 heavy (non-hydrogen) atoms. The first kappa shape index (κ1) is 15.2. The Labute approximate surface area is 114 Å². The quantitative estimate of drug-likeness (QED) is 0.851. The van der Waals surface area contributed by atoms with E-state index in [0.717, 1.165) is 6.54 Å². The molecule has 0 unspecified atom stereocenters. The van der Waals surface area contributed by atoms with Gasteiger partial charge in [-0.3, -0.25) is 9.59 Å². The number of nitrogens with zero attached hydrogens (tertiary/aromatic N) is 1. The molecule has 0 aliphatic heterocycles. The van der Waals surface area contributed by atoms with Crippen molar-refractivity contribution >= 4 is 11.8 Å². The molecule has 0 fully saturated rings. The largest absolute Gasteiger partial charge is 0.350 e. The van der Waals surface area contributed by atoms with E-state index < -0.39 is 0 Å². The van der Waals surface area contributed by atoms with Crippen LogP contribution in [-0.2, 0) is 4.79 Å². The van der Waals surface area contributed by atoms with Crippen molar-refractivity contribution in [1.82, 2.24) is 10.2 Å². The highest BCUT2D eigenvalue weighted by molar-refractivity contribution is 5.94. The van der Waals surface area contributed by atoms with Crippen molar-refractivity contribution in [3.05, 3.63) is 35.9 Å². The fourth-order valence-corrected chi connectivity index (χ4v) is 1.81. The van der Waals surface area contributed by atoms with Crippen molar-refractivity contribution in [2.45, 2.75) is 20.8 Å². The molecule has 0 saturated heterocycles. The summed E-state index contributed by atoms with van der Waals surface area (Å²) in [5, 5.41) is 2.82. The van der Waals surface area contributed by atoms with Gasteiger partial charge in [0.2, 0.25) is 5.91 Å². The van der Waals surface area contributed by atoms with Gasteiger partial charge in [0.25, 0.3) is 5.91 Å². The molecule has 0 spiro atoms. The zero-order valence-electron chi connectivity index (χ0n) is 11.8. The summed E-state index contributed by atoms with van der Waals surface area (Å²) in [6, 6.07) is 9.07. The average Bonchev–Trinajstić information content (AvgIpc) is 2.37. The van der Waals surface area contributed by atoms with Gasteiger partial charge < -0.3 is 10.2 Å². The number of amides is 2. The fraction of sp³-hybridized carbons (Fsp3) is 0.467. The van der Waals surface area contributed by atoms with E-state index in [-0.39, 0.29) is 11.8 Å². The van der Waals surface area contributed by atoms with Crippen molar-refractivity contribution in [3.63, 3.8) is 0 Å². The Morgan fingerprint density at radius 3 is 2.37 bits per heavy atom. The lowest BCUT2D eigenvalue weighted by molar-refractivity contribution is -0.129. The van der Waals surface area contributed by atoms with Crippen LogP contribution in [0.2, 0.25) is 0 Å². The van der Waals surface area contributed by atoms with Crippen molar-refractivity contribution < 1.29 is 9.59 Å². The molecular weight excluding hydrogens is 240 g/mol. The first-order valence-electron chi connectivity index (χ1n) is 6.59. The minimum absolute atomic E-state index is 0.0441. The summed E-state index contributed by atoms with van der Waals surface area (Å²) in [7, 11) is 0. The smallest absolute Gasteiger partial charge is 0.251 e. The molecule has 104 valence electrons. The summed E-state index contributed by atoms with van der Waals surface area (Å²) in [5.74, 6) is 0.366. The van der Waals surface area contributed by atoms with Gasteiger partial charge >= 0.3 is 0 Å². The molecule has 0 heterocycles. The number of hydrogen-bond acceptors (Lipinski definition) is 2. The van der Waals surface area contributed by atoms with E-state index in [1.807, 2.05) is 18.2 Å². The molecule has 4 heteroatoms. The van der Waals surface area contributed by atoms with Crippen molar-refractivity contribution in [2.24, 2.45) is 5.92 Å². The van der Waals surface area contributed by atoms with E-state index in [1.54, 1.807) is 24.0 Å². The van der Waals surface area contributed by atoms with Crippen LogP contribution in [0, 0.1) is 5.92 Å². The summed E-state index contributed by atoms with van der Waals surface area (Å²) in [6.07, 6.45) is 0. The van der Waals surface area contributed by atoms with Crippen LogP contribution in [0.15, 0.2) is 30.3 Å². The van der Waals surface area contributed by atoms with Crippen LogP contribution in [-0.4, -0.2) is 36.3 Å². The molecule has 0 saturated carbocycles. The van der Waals surface area contributed by atoms with Gasteiger partial charge in [-0.05, 0) is 18.1 Å². The highest BCUT2D eigenvalue weighted by Crippen LogP contribution is 2.00. The topological polar surface area (TPSA) is 49.4 Å². The van der Waals surface area contributed by atoms with Crippen LogP contribution >= 0.6 is 0 Å². The van der Waals surface area contributed by atoms with Gasteiger partial charge in [0.05, 0.1) is 0 Å². The van der Waals surface area contributed by atoms with Crippen molar-refractivity contribution in [3.8, 4) is 0 Å². The Kier molecular flexibility index (Phi) is 6.06. The van der Waals surface area contributed by atoms with E-state index >= 15 is 0 Å². The summed E-state index contributed by atoms with van der Waals surface area (Å²) in [4.78, 5) is 25.0. The molecule has 0 aromatic heterocycles. The molecular formula is C15H22N2O2. The Balaban J connectivity index is 2.40. The van der Waals surface area contributed by atoms with Crippen LogP contribution in [0.3, 0.4) is 0 Å². The number of nitrogens with one attached hydrogen (secondary N) is 1. The molecule has 0 bridgehead atoms. The molecule has 2 amide bonds. The van der Waals surface area contributed by atoms with E-state index in [0.29, 0.717) is 24.6 Å². The summed E-state index contributed by atoms with van der Waals surface area (Å²) in [5.41, 5.74) is 0.640. The van der Waals surface area contributed by atoms with Crippen molar-refractivity contribution in [2.75, 3.05) is 19.6 Å². The van der Waals surface area contributed by atoms with Gasteiger partial charge in [0.1, 0.15) is 0 Å². The lowest BCUT2D eigenvalue weighted by Gasteiger charge is -2.23. The normalized spacial score (nSPS) is 10.3. The number of carbonyl (C=O) groups excluding carboxylic acids is 2. The zero-order valence-corrected chi connectivity index (χ0v) is 11.8. The third kappa shape index (κ3) is 5.55. The second kappa shape index (κ2) is 7.56. The predicted octanol–water partition coefficient (Wildman–Crippen LogP) is 1.92. The van der Waals surface area contributed by atoms with Crippen LogP contribution in [0.25, 0.3) is 0 Å². The first-order valence-corrected chi connectivity index (χ1v) is 6.59. The van der Waals surface area contributed by atoms with Crippen LogP contribution < -0.4 is 5.32 Å². The average molecular weight is 262 g/mol. The zero-order chi connectivity index (χ0) is 14.3. The minimum Gasteiger partial charge on any atom is -0.350 e. The third-order valence-corrected chi connectivity index (χ3v) is 2.73. The molecule has 0 radical (unpaired) electrons. The standard InChI is InChI=1S/C15H22N2O2/c1-12(2)11-17(13(3)18)10-9-16-15(19)14-7-5-4-6-8-14/h4-8,12H,9-11H2,1-3H3,(H,16,19). The van der Waals surface area contributed by atoms with Crippen LogP contribution in [0.1, 0.15) is 31.1 Å². The fourth-order valence-electron chi connectivity index (χ4n) is 1.81. The molecule has 1 aromatic rings. The van der Waals surface area contributed by atoms with Gasteiger partial charge in [0, 0.05) is 32.1 Å². The summed E-state index contributed by atoms with van der Waals surface area (Å²) in [6.45, 7) is 7.43. The third-order valence-electron chi connectivity index (χ3n) is 2.73. The highest BCUT2D eigenvalue weighted by Gasteiger charge is 2.11. The molecule has 1 aromatic carbocycles. The highest BCUT2D eigenvalue weighted by atomic mass is 16.2. The maximum Gasteiger partial charge on any atom is 0.251 e. The summed E-state index contributed by atoms with van der Waals surface area (Å²) < 4.78 is 0. The number of hydrogen-bond donors (Lipinski definition) is 1. The number of rotatable bonds is 6. The van der Waals surface area contributed by atoms with Gasteiger partial charge in [-0.2, -0.15) is 0 Å². The van der Waals surface area contributed by atoms with Crippen LogP contribution in [0.5, 0.6) is 0 Å². The molecule has 1 N–H and O–H groups in total. The van der Waals surface area contributed by atoms with Gasteiger partial charge in [-0.25, -0.2) is 0 Å². The molecule has 0 atom stereocenters. The van der Waals surface area contributed by atoms with E-state index in [4.69, 9.17) is 0 Å².